The number of rotatable bonds is 2. The second-order valence-electron chi connectivity index (χ2n) is 6.54. The molecule has 148 valence electrons. The third-order valence-electron chi connectivity index (χ3n) is 4.65. The molecule has 3 heterocycles. The maximum atomic E-state index is 13.0. The Morgan fingerprint density at radius 2 is 1.89 bits per heavy atom. The van der Waals surface area contributed by atoms with E-state index in [9.17, 15) is 9.59 Å². The number of carbonyl (C=O) groups excluding carboxylic acids is 1. The predicted octanol–water partition coefficient (Wildman–Crippen LogP) is 0.638. The third kappa shape index (κ3) is 3.56. The summed E-state index contributed by atoms with van der Waals surface area (Å²) in [5.74, 6) is -0.142. The van der Waals surface area contributed by atoms with Crippen LogP contribution in [0.2, 0.25) is 0 Å². The van der Waals surface area contributed by atoms with Gasteiger partial charge < -0.3 is 25.1 Å². The zero-order chi connectivity index (χ0) is 20.3. The van der Waals surface area contributed by atoms with Crippen LogP contribution in [0.5, 0.6) is 0 Å². The maximum Gasteiger partial charge on any atom is 0.290 e. The quantitative estimate of drug-likeness (QED) is 0.730. The van der Waals surface area contributed by atoms with Crippen molar-refractivity contribution in [2.24, 2.45) is 0 Å². The van der Waals surface area contributed by atoms with Crippen LogP contribution in [-0.2, 0) is 9.53 Å². The molecule has 2 aliphatic rings. The molecule has 0 radical (unpaired) electrons. The summed E-state index contributed by atoms with van der Waals surface area (Å²) in [5.41, 5.74) is 5.66. The van der Waals surface area contributed by atoms with E-state index in [2.05, 4.69) is 5.43 Å². The van der Waals surface area contributed by atoms with Gasteiger partial charge in [-0.3, -0.25) is 19.1 Å². The zero-order valence-electron chi connectivity index (χ0n) is 15.7. The SMILES string of the molecule is CN(C)c1ccc(-c2c3n(ccc2=O)NC2COCCN2C3=O)cc1.O=CO. The van der Waals surface area contributed by atoms with Gasteiger partial charge in [0.1, 0.15) is 11.9 Å². The molecule has 1 unspecified atom stereocenters. The molecular weight excluding hydrogens is 364 g/mol. The van der Waals surface area contributed by atoms with Gasteiger partial charge in [-0.2, -0.15) is 0 Å². The molecule has 1 fully saturated rings. The van der Waals surface area contributed by atoms with Gasteiger partial charge in [-0.05, 0) is 17.7 Å². The van der Waals surface area contributed by atoms with E-state index in [4.69, 9.17) is 14.6 Å². The van der Waals surface area contributed by atoms with E-state index in [-0.39, 0.29) is 24.0 Å². The second-order valence-corrected chi connectivity index (χ2v) is 6.54. The number of nitrogens with zero attached hydrogens (tertiary/aromatic N) is 3. The van der Waals surface area contributed by atoms with Crippen LogP contribution in [0.1, 0.15) is 10.5 Å². The number of aromatic nitrogens is 1. The molecule has 1 atom stereocenters. The van der Waals surface area contributed by atoms with Crippen LogP contribution in [0.3, 0.4) is 0 Å². The normalized spacial score (nSPS) is 17.4. The molecule has 0 aliphatic carbocycles. The van der Waals surface area contributed by atoms with Gasteiger partial charge >= 0.3 is 0 Å². The highest BCUT2D eigenvalue weighted by atomic mass is 16.5. The van der Waals surface area contributed by atoms with Crippen molar-refractivity contribution >= 4 is 18.1 Å². The van der Waals surface area contributed by atoms with E-state index < -0.39 is 0 Å². The van der Waals surface area contributed by atoms with Crippen LogP contribution in [0.25, 0.3) is 11.1 Å². The first kappa shape index (κ1) is 19.4. The van der Waals surface area contributed by atoms with E-state index in [0.29, 0.717) is 31.0 Å². The highest BCUT2D eigenvalue weighted by Gasteiger charge is 2.36. The van der Waals surface area contributed by atoms with Gasteiger partial charge in [-0.25, -0.2) is 0 Å². The molecule has 1 saturated heterocycles. The van der Waals surface area contributed by atoms with E-state index in [1.165, 1.54) is 6.07 Å². The summed E-state index contributed by atoms with van der Waals surface area (Å²) < 4.78 is 7.09. The van der Waals surface area contributed by atoms with Crippen molar-refractivity contribution in [3.63, 3.8) is 0 Å². The Labute approximate surface area is 161 Å². The molecule has 1 aromatic heterocycles. The first-order valence-corrected chi connectivity index (χ1v) is 8.74. The molecule has 28 heavy (non-hydrogen) atoms. The summed E-state index contributed by atoms with van der Waals surface area (Å²) in [5, 5.41) is 6.89. The number of carboxylic acid groups (broad SMARTS) is 1. The van der Waals surface area contributed by atoms with Crippen LogP contribution in [0.15, 0.2) is 41.3 Å². The van der Waals surface area contributed by atoms with Crippen molar-refractivity contribution in [3.8, 4) is 11.1 Å². The van der Waals surface area contributed by atoms with Crippen molar-refractivity contribution in [2.45, 2.75) is 6.17 Å². The molecule has 1 aromatic carbocycles. The monoisotopic (exact) mass is 386 g/mol. The lowest BCUT2D eigenvalue weighted by atomic mass is 10.0. The lowest BCUT2D eigenvalue weighted by molar-refractivity contribution is -0.122. The fourth-order valence-electron chi connectivity index (χ4n) is 3.31. The number of hydrogen-bond acceptors (Lipinski definition) is 6. The van der Waals surface area contributed by atoms with Gasteiger partial charge in [0, 0.05) is 38.6 Å². The Bertz CT molecular complexity index is 923. The number of pyridine rings is 1. The number of ether oxygens (including phenoxy) is 1. The second kappa shape index (κ2) is 8.13. The summed E-state index contributed by atoms with van der Waals surface area (Å²) in [6.07, 6.45) is 1.40. The van der Waals surface area contributed by atoms with E-state index in [0.717, 1.165) is 11.3 Å². The van der Waals surface area contributed by atoms with Gasteiger partial charge in [-0.1, -0.05) is 12.1 Å². The molecule has 2 aliphatic heterocycles. The first-order chi connectivity index (χ1) is 13.5. The molecule has 1 amide bonds. The molecule has 2 aromatic rings. The molecule has 9 heteroatoms. The highest BCUT2D eigenvalue weighted by Crippen LogP contribution is 2.26. The average molecular weight is 386 g/mol. The standard InChI is InChI=1S/C18H20N4O3.CH2O2/c1-20(2)13-5-3-12(4-6-13)16-14(23)7-8-22-17(16)18(24)21-9-10-25-11-15(21)19-22;2-1-3/h3-8,15,19H,9-11H2,1-2H3;1H,(H,2,3). The number of fused-ring (bicyclic) bond motifs is 2. The van der Waals surface area contributed by atoms with Crippen LogP contribution in [0, 0.1) is 0 Å². The maximum absolute atomic E-state index is 13.0. The lowest BCUT2D eigenvalue weighted by Gasteiger charge is -2.41. The fourth-order valence-corrected chi connectivity index (χ4v) is 3.31. The number of morpholine rings is 1. The van der Waals surface area contributed by atoms with Crippen LogP contribution in [0.4, 0.5) is 5.69 Å². The summed E-state index contributed by atoms with van der Waals surface area (Å²) >= 11 is 0. The largest absolute Gasteiger partial charge is 0.483 e. The molecule has 0 bridgehead atoms. The highest BCUT2D eigenvalue weighted by molar-refractivity contribution is 6.00. The Kier molecular flexibility index (Phi) is 5.65. The Hall–Kier alpha value is -3.33. The first-order valence-electron chi connectivity index (χ1n) is 8.74. The number of benzene rings is 1. The summed E-state index contributed by atoms with van der Waals surface area (Å²) in [6, 6.07) is 9.13. The Morgan fingerprint density at radius 3 is 2.54 bits per heavy atom. The van der Waals surface area contributed by atoms with Crippen LogP contribution < -0.4 is 15.8 Å². The minimum Gasteiger partial charge on any atom is -0.483 e. The average Bonchev–Trinajstić information content (AvgIpc) is 2.69. The van der Waals surface area contributed by atoms with Gasteiger partial charge in [0.15, 0.2) is 5.43 Å². The van der Waals surface area contributed by atoms with Crippen LogP contribution >= 0.6 is 0 Å². The van der Waals surface area contributed by atoms with Crippen molar-refractivity contribution in [2.75, 3.05) is 44.2 Å². The minimum absolute atomic E-state index is 0.142. The molecule has 0 saturated carbocycles. The van der Waals surface area contributed by atoms with Gasteiger partial charge in [-0.15, -0.1) is 0 Å². The lowest BCUT2D eigenvalue weighted by Crippen LogP contribution is -2.59. The van der Waals surface area contributed by atoms with Gasteiger partial charge in [0.25, 0.3) is 12.4 Å². The number of nitrogens with one attached hydrogen (secondary N) is 1. The van der Waals surface area contributed by atoms with Crippen LogP contribution in [-0.4, -0.2) is 67.1 Å². The smallest absolute Gasteiger partial charge is 0.290 e. The Morgan fingerprint density at radius 1 is 1.21 bits per heavy atom. The zero-order valence-corrected chi connectivity index (χ0v) is 15.7. The molecule has 4 rings (SSSR count). The van der Waals surface area contributed by atoms with Gasteiger partial charge in [0.2, 0.25) is 0 Å². The van der Waals surface area contributed by atoms with Crippen molar-refractivity contribution in [1.29, 1.82) is 0 Å². The Balaban J connectivity index is 0.000000706. The summed E-state index contributed by atoms with van der Waals surface area (Å²) in [6.45, 7) is 1.20. The fraction of sp³-hybridized carbons (Fsp3) is 0.316. The van der Waals surface area contributed by atoms with E-state index >= 15 is 0 Å². The number of amides is 1. The molecule has 2 N–H and O–H groups in total. The molecule has 9 nitrogen and oxygen atoms in total. The number of hydrogen-bond donors (Lipinski definition) is 2. The van der Waals surface area contributed by atoms with Crippen molar-refractivity contribution < 1.29 is 19.4 Å². The third-order valence-corrected chi connectivity index (χ3v) is 4.65. The summed E-state index contributed by atoms with van der Waals surface area (Å²) in [4.78, 5) is 37.7. The van der Waals surface area contributed by atoms with Gasteiger partial charge in [0.05, 0.1) is 18.8 Å². The topological polar surface area (TPSA) is 104 Å². The van der Waals surface area contributed by atoms with E-state index in [1.54, 1.807) is 15.8 Å². The van der Waals surface area contributed by atoms with Crippen molar-refractivity contribution in [3.05, 3.63) is 52.4 Å². The predicted molar refractivity (Wildman–Crippen MR) is 104 cm³/mol. The minimum atomic E-state index is -0.250. The molecule has 0 spiro atoms. The summed E-state index contributed by atoms with van der Waals surface area (Å²) in [7, 11) is 3.92. The number of carbonyl (C=O) groups is 2. The van der Waals surface area contributed by atoms with Crippen molar-refractivity contribution in [1.82, 2.24) is 9.58 Å². The number of anilines is 1. The molecular formula is C19H22N4O5. The van der Waals surface area contributed by atoms with E-state index in [1.807, 2.05) is 43.3 Å².